The largest absolute Gasteiger partial charge is 0.459 e. The van der Waals surface area contributed by atoms with Gasteiger partial charge in [-0.05, 0) is 44.4 Å². The maximum Gasteiger partial charge on any atom is 0.338 e. The third-order valence-electron chi connectivity index (χ3n) is 2.62. The average molecular weight is 305 g/mol. The van der Waals surface area contributed by atoms with E-state index in [1.54, 1.807) is 25.3 Å². The van der Waals surface area contributed by atoms with Crippen molar-refractivity contribution in [2.75, 3.05) is 13.7 Å². The van der Waals surface area contributed by atoms with E-state index in [0.29, 0.717) is 15.6 Å². The molecule has 0 aliphatic rings. The number of hydrogen-bond donors (Lipinski definition) is 0. The van der Waals surface area contributed by atoms with E-state index in [1.165, 1.54) is 0 Å². The lowest BCUT2D eigenvalue weighted by Crippen LogP contribution is -2.15. The van der Waals surface area contributed by atoms with E-state index in [-0.39, 0.29) is 6.10 Å². The summed E-state index contributed by atoms with van der Waals surface area (Å²) in [7, 11) is 1.67. The molecule has 0 bridgehead atoms. The molecule has 0 aliphatic carbocycles. The number of benzene rings is 1. The summed E-state index contributed by atoms with van der Waals surface area (Å²) in [6.45, 7) is 2.60. The van der Waals surface area contributed by atoms with Gasteiger partial charge in [-0.25, -0.2) is 4.79 Å². The lowest BCUT2D eigenvalue weighted by molar-refractivity contribution is 0.0316. The minimum atomic E-state index is -0.399. The summed E-state index contributed by atoms with van der Waals surface area (Å²) in [6.07, 6.45) is 2.59. The van der Waals surface area contributed by atoms with Gasteiger partial charge in [0.1, 0.15) is 0 Å². The van der Waals surface area contributed by atoms with E-state index in [4.69, 9.17) is 32.7 Å². The quantitative estimate of drug-likeness (QED) is 0.555. The molecule has 0 N–H and O–H groups in total. The van der Waals surface area contributed by atoms with Gasteiger partial charge in [-0.1, -0.05) is 23.2 Å². The van der Waals surface area contributed by atoms with Gasteiger partial charge in [0.25, 0.3) is 0 Å². The Morgan fingerprint density at radius 1 is 1.21 bits per heavy atom. The lowest BCUT2D eigenvalue weighted by Gasteiger charge is -2.13. The Morgan fingerprint density at radius 3 is 2.42 bits per heavy atom. The Labute approximate surface area is 123 Å². The molecule has 0 heterocycles. The molecule has 0 aliphatic heterocycles. The molecule has 0 saturated heterocycles. The summed E-state index contributed by atoms with van der Waals surface area (Å²) >= 11 is 11.7. The van der Waals surface area contributed by atoms with Crippen LogP contribution in [0, 0.1) is 0 Å². The summed E-state index contributed by atoms with van der Waals surface area (Å²) in [5, 5.41) is 0.847. The van der Waals surface area contributed by atoms with E-state index < -0.39 is 5.97 Å². The fraction of sp³-hybridized carbons (Fsp3) is 0.500. The van der Waals surface area contributed by atoms with Crippen molar-refractivity contribution in [1.29, 1.82) is 0 Å². The molecule has 0 amide bonds. The topological polar surface area (TPSA) is 35.5 Å². The van der Waals surface area contributed by atoms with Crippen molar-refractivity contribution in [1.82, 2.24) is 0 Å². The molecule has 1 aromatic carbocycles. The average Bonchev–Trinajstić information content (AvgIpc) is 2.33. The Morgan fingerprint density at radius 2 is 1.84 bits per heavy atom. The molecule has 0 fully saturated rings. The van der Waals surface area contributed by atoms with Crippen LogP contribution in [0.2, 0.25) is 10.0 Å². The molecular weight excluding hydrogens is 287 g/mol. The molecule has 0 saturated carbocycles. The summed E-state index contributed by atoms with van der Waals surface area (Å²) in [5.41, 5.74) is 0.376. The molecule has 1 aromatic rings. The van der Waals surface area contributed by atoms with E-state index in [1.807, 2.05) is 6.92 Å². The molecule has 19 heavy (non-hydrogen) atoms. The number of carbonyl (C=O) groups is 1. The fourth-order valence-electron chi connectivity index (χ4n) is 1.66. The summed E-state index contributed by atoms with van der Waals surface area (Å²) in [6, 6.07) is 4.68. The van der Waals surface area contributed by atoms with Gasteiger partial charge in [-0.3, -0.25) is 0 Å². The maximum absolute atomic E-state index is 11.9. The van der Waals surface area contributed by atoms with Gasteiger partial charge in [0.2, 0.25) is 0 Å². The Balaban J connectivity index is 2.45. The highest BCUT2D eigenvalue weighted by Gasteiger charge is 2.13. The Hall–Kier alpha value is -0.770. The van der Waals surface area contributed by atoms with Crippen LogP contribution < -0.4 is 0 Å². The van der Waals surface area contributed by atoms with Crippen LogP contribution >= 0.6 is 23.2 Å². The third-order valence-corrected chi connectivity index (χ3v) is 3.05. The lowest BCUT2D eigenvalue weighted by atomic mass is 10.1. The van der Waals surface area contributed by atoms with Gasteiger partial charge < -0.3 is 9.47 Å². The standard InChI is InChI=1S/C14H18Cl2O3/c1-10(5-3-4-6-18-2)19-14(17)11-7-12(15)9-13(16)8-11/h7-10H,3-6H2,1-2H3. The first-order valence-corrected chi connectivity index (χ1v) is 6.94. The zero-order chi connectivity index (χ0) is 14.3. The summed E-state index contributed by atoms with van der Waals surface area (Å²) < 4.78 is 10.3. The van der Waals surface area contributed by atoms with Crippen LogP contribution in [0.4, 0.5) is 0 Å². The second-order valence-corrected chi connectivity index (χ2v) is 5.24. The van der Waals surface area contributed by atoms with Crippen LogP contribution in [0.5, 0.6) is 0 Å². The Kier molecular flexibility index (Phi) is 7.21. The van der Waals surface area contributed by atoms with Gasteiger partial charge >= 0.3 is 5.97 Å². The van der Waals surface area contributed by atoms with E-state index in [2.05, 4.69) is 0 Å². The van der Waals surface area contributed by atoms with Crippen LogP contribution in [0.3, 0.4) is 0 Å². The second-order valence-electron chi connectivity index (χ2n) is 4.36. The summed E-state index contributed by atoms with van der Waals surface area (Å²) in [5.74, 6) is -0.399. The first kappa shape index (κ1) is 16.3. The highest BCUT2D eigenvalue weighted by molar-refractivity contribution is 6.35. The maximum atomic E-state index is 11.9. The number of unbranched alkanes of at least 4 members (excludes halogenated alkanes) is 1. The van der Waals surface area contributed by atoms with Crippen LogP contribution in [0.1, 0.15) is 36.5 Å². The van der Waals surface area contributed by atoms with Crippen LogP contribution in [-0.2, 0) is 9.47 Å². The molecule has 0 spiro atoms. The van der Waals surface area contributed by atoms with Crippen molar-refractivity contribution in [3.8, 4) is 0 Å². The molecule has 3 nitrogen and oxygen atoms in total. The van der Waals surface area contributed by atoms with Gasteiger partial charge in [0.15, 0.2) is 0 Å². The SMILES string of the molecule is COCCCCC(C)OC(=O)c1cc(Cl)cc(Cl)c1. The van der Waals surface area contributed by atoms with E-state index in [0.717, 1.165) is 25.9 Å². The molecule has 0 aromatic heterocycles. The fourth-order valence-corrected chi connectivity index (χ4v) is 2.19. The van der Waals surface area contributed by atoms with Crippen LogP contribution in [-0.4, -0.2) is 25.8 Å². The third kappa shape index (κ3) is 6.28. The summed E-state index contributed by atoms with van der Waals surface area (Å²) in [4.78, 5) is 11.9. The Bertz CT molecular complexity index is 401. The number of ether oxygens (including phenoxy) is 2. The highest BCUT2D eigenvalue weighted by Crippen LogP contribution is 2.20. The minimum Gasteiger partial charge on any atom is -0.459 e. The van der Waals surface area contributed by atoms with Gasteiger partial charge in [-0.2, -0.15) is 0 Å². The molecule has 1 atom stereocenters. The van der Waals surface area contributed by atoms with Crippen molar-refractivity contribution in [3.63, 3.8) is 0 Å². The number of halogens is 2. The number of hydrogen-bond acceptors (Lipinski definition) is 3. The number of esters is 1. The highest BCUT2D eigenvalue weighted by atomic mass is 35.5. The number of carbonyl (C=O) groups excluding carboxylic acids is 1. The zero-order valence-corrected chi connectivity index (χ0v) is 12.6. The zero-order valence-electron chi connectivity index (χ0n) is 11.1. The van der Waals surface area contributed by atoms with Gasteiger partial charge in [0, 0.05) is 23.8 Å². The number of rotatable bonds is 7. The molecular formula is C14H18Cl2O3. The predicted molar refractivity (Wildman–Crippen MR) is 77.1 cm³/mol. The molecule has 1 unspecified atom stereocenters. The first-order valence-electron chi connectivity index (χ1n) is 6.19. The first-order chi connectivity index (χ1) is 9.02. The normalized spacial score (nSPS) is 12.2. The van der Waals surface area contributed by atoms with Crippen molar-refractivity contribution in [2.24, 2.45) is 0 Å². The monoisotopic (exact) mass is 304 g/mol. The minimum absolute atomic E-state index is 0.137. The van der Waals surface area contributed by atoms with Gasteiger partial charge in [-0.15, -0.1) is 0 Å². The second kappa shape index (κ2) is 8.41. The van der Waals surface area contributed by atoms with Crippen molar-refractivity contribution >= 4 is 29.2 Å². The van der Waals surface area contributed by atoms with Crippen molar-refractivity contribution in [2.45, 2.75) is 32.3 Å². The molecule has 106 valence electrons. The van der Waals surface area contributed by atoms with Gasteiger partial charge in [0.05, 0.1) is 11.7 Å². The van der Waals surface area contributed by atoms with E-state index in [9.17, 15) is 4.79 Å². The van der Waals surface area contributed by atoms with E-state index >= 15 is 0 Å². The smallest absolute Gasteiger partial charge is 0.338 e. The van der Waals surface area contributed by atoms with Crippen LogP contribution in [0.25, 0.3) is 0 Å². The molecule has 1 rings (SSSR count). The number of methoxy groups -OCH3 is 1. The molecule has 5 heteroatoms. The van der Waals surface area contributed by atoms with Crippen molar-refractivity contribution in [3.05, 3.63) is 33.8 Å². The predicted octanol–water partition coefficient (Wildman–Crippen LogP) is 4.36. The molecule has 0 radical (unpaired) electrons. The van der Waals surface area contributed by atoms with Crippen molar-refractivity contribution < 1.29 is 14.3 Å². The van der Waals surface area contributed by atoms with Crippen LogP contribution in [0.15, 0.2) is 18.2 Å².